The molecular weight excluding hydrogens is 304 g/mol. The van der Waals surface area contributed by atoms with Crippen molar-refractivity contribution in [1.82, 2.24) is 14.8 Å². The van der Waals surface area contributed by atoms with E-state index in [1.807, 2.05) is 6.20 Å². The van der Waals surface area contributed by atoms with E-state index in [1.165, 1.54) is 5.56 Å². The molecule has 1 saturated heterocycles. The SMILES string of the molecule is Cc1cnc(N2CCN(CCN(C)C)CC2)c(Br)c1. The van der Waals surface area contributed by atoms with Gasteiger partial charge in [-0.1, -0.05) is 0 Å². The fourth-order valence-corrected chi connectivity index (χ4v) is 3.00. The third kappa shape index (κ3) is 4.16. The highest BCUT2D eigenvalue weighted by Crippen LogP contribution is 2.25. The van der Waals surface area contributed by atoms with Crippen LogP contribution in [-0.2, 0) is 0 Å². The number of nitrogens with zero attached hydrogens (tertiary/aromatic N) is 4. The Morgan fingerprint density at radius 1 is 1.26 bits per heavy atom. The highest BCUT2D eigenvalue weighted by Gasteiger charge is 2.19. The molecular formula is C14H23BrN4. The number of hydrogen-bond donors (Lipinski definition) is 0. The molecule has 5 heteroatoms. The summed E-state index contributed by atoms with van der Waals surface area (Å²) in [5.41, 5.74) is 1.19. The molecule has 0 spiro atoms. The van der Waals surface area contributed by atoms with Gasteiger partial charge in [-0.15, -0.1) is 0 Å². The third-order valence-electron chi connectivity index (χ3n) is 3.49. The summed E-state index contributed by atoms with van der Waals surface area (Å²) in [5, 5.41) is 0. The number of aromatic nitrogens is 1. The predicted molar refractivity (Wildman–Crippen MR) is 83.9 cm³/mol. The van der Waals surface area contributed by atoms with Crippen molar-refractivity contribution < 1.29 is 0 Å². The second-order valence-corrected chi connectivity index (χ2v) is 6.30. The van der Waals surface area contributed by atoms with Gasteiger partial charge in [0, 0.05) is 45.5 Å². The lowest BCUT2D eigenvalue weighted by atomic mass is 10.2. The number of rotatable bonds is 4. The van der Waals surface area contributed by atoms with Gasteiger partial charge in [0.05, 0.1) is 4.47 Å². The van der Waals surface area contributed by atoms with Crippen LogP contribution in [0.2, 0.25) is 0 Å². The van der Waals surface area contributed by atoms with Crippen LogP contribution in [0.1, 0.15) is 5.56 Å². The topological polar surface area (TPSA) is 22.6 Å². The van der Waals surface area contributed by atoms with E-state index >= 15 is 0 Å². The van der Waals surface area contributed by atoms with Crippen LogP contribution < -0.4 is 4.90 Å². The van der Waals surface area contributed by atoms with Gasteiger partial charge in [-0.05, 0) is 48.6 Å². The molecule has 0 atom stereocenters. The average molecular weight is 327 g/mol. The standard InChI is InChI=1S/C14H23BrN4/c1-12-10-13(15)14(16-11-12)19-8-6-18(7-9-19)5-4-17(2)3/h10-11H,4-9H2,1-3H3. The molecule has 2 heterocycles. The maximum absolute atomic E-state index is 4.55. The van der Waals surface area contributed by atoms with Crippen LogP contribution in [-0.4, -0.2) is 68.1 Å². The lowest BCUT2D eigenvalue weighted by Crippen LogP contribution is -2.48. The smallest absolute Gasteiger partial charge is 0.142 e. The van der Waals surface area contributed by atoms with Crippen molar-refractivity contribution in [2.24, 2.45) is 0 Å². The molecule has 0 aliphatic carbocycles. The van der Waals surface area contributed by atoms with E-state index in [4.69, 9.17) is 0 Å². The zero-order valence-corrected chi connectivity index (χ0v) is 13.7. The van der Waals surface area contributed by atoms with Gasteiger partial charge in [0.2, 0.25) is 0 Å². The van der Waals surface area contributed by atoms with Gasteiger partial charge < -0.3 is 9.80 Å². The molecule has 0 unspecified atom stereocenters. The molecule has 1 aliphatic heterocycles. The quantitative estimate of drug-likeness (QED) is 0.842. The Balaban J connectivity index is 1.89. The summed E-state index contributed by atoms with van der Waals surface area (Å²) in [6.07, 6.45) is 1.94. The monoisotopic (exact) mass is 326 g/mol. The van der Waals surface area contributed by atoms with Crippen LogP contribution in [0.5, 0.6) is 0 Å². The lowest BCUT2D eigenvalue weighted by molar-refractivity contribution is 0.229. The van der Waals surface area contributed by atoms with Crippen molar-refractivity contribution in [3.05, 3.63) is 22.3 Å². The molecule has 0 amide bonds. The molecule has 0 radical (unpaired) electrons. The summed E-state index contributed by atoms with van der Waals surface area (Å²) in [6, 6.07) is 2.14. The average Bonchev–Trinajstić information content (AvgIpc) is 2.37. The number of aryl methyl sites for hydroxylation is 1. The Hall–Kier alpha value is -0.650. The van der Waals surface area contributed by atoms with Crippen LogP contribution in [0, 0.1) is 6.92 Å². The summed E-state index contributed by atoms with van der Waals surface area (Å²) in [5.74, 6) is 1.08. The minimum atomic E-state index is 1.06. The highest BCUT2D eigenvalue weighted by molar-refractivity contribution is 9.10. The fraction of sp³-hybridized carbons (Fsp3) is 0.643. The van der Waals surface area contributed by atoms with Crippen molar-refractivity contribution in [1.29, 1.82) is 0 Å². The molecule has 0 bridgehead atoms. The molecule has 4 nitrogen and oxygen atoms in total. The number of anilines is 1. The maximum Gasteiger partial charge on any atom is 0.142 e. The Labute approximate surface area is 124 Å². The van der Waals surface area contributed by atoms with E-state index in [9.17, 15) is 0 Å². The molecule has 1 fully saturated rings. The van der Waals surface area contributed by atoms with Crippen LogP contribution in [0.3, 0.4) is 0 Å². The van der Waals surface area contributed by atoms with E-state index < -0.39 is 0 Å². The molecule has 0 aromatic carbocycles. The molecule has 19 heavy (non-hydrogen) atoms. The third-order valence-corrected chi connectivity index (χ3v) is 4.08. The maximum atomic E-state index is 4.55. The summed E-state index contributed by atoms with van der Waals surface area (Å²) in [7, 11) is 4.26. The highest BCUT2D eigenvalue weighted by atomic mass is 79.9. The zero-order valence-electron chi connectivity index (χ0n) is 12.1. The fourth-order valence-electron chi connectivity index (χ4n) is 2.28. The molecule has 2 rings (SSSR count). The van der Waals surface area contributed by atoms with Gasteiger partial charge in [-0.2, -0.15) is 0 Å². The van der Waals surface area contributed by atoms with Gasteiger partial charge in [-0.3, -0.25) is 4.90 Å². The predicted octanol–water partition coefficient (Wildman–Crippen LogP) is 1.84. The first-order valence-corrected chi connectivity index (χ1v) is 7.60. The van der Waals surface area contributed by atoms with Crippen LogP contribution in [0.4, 0.5) is 5.82 Å². The van der Waals surface area contributed by atoms with Gasteiger partial charge in [0.25, 0.3) is 0 Å². The molecule has 1 aromatic heterocycles. The second kappa shape index (κ2) is 6.68. The molecule has 1 aromatic rings. The number of hydrogen-bond acceptors (Lipinski definition) is 4. The summed E-state index contributed by atoms with van der Waals surface area (Å²) < 4.78 is 1.11. The van der Waals surface area contributed by atoms with Crippen molar-refractivity contribution in [3.8, 4) is 0 Å². The van der Waals surface area contributed by atoms with E-state index in [1.54, 1.807) is 0 Å². The zero-order chi connectivity index (χ0) is 13.8. The Bertz CT molecular complexity index is 414. The normalized spacial score (nSPS) is 17.2. The van der Waals surface area contributed by atoms with Crippen molar-refractivity contribution in [2.45, 2.75) is 6.92 Å². The van der Waals surface area contributed by atoms with Gasteiger partial charge in [0.1, 0.15) is 5.82 Å². The van der Waals surface area contributed by atoms with E-state index in [-0.39, 0.29) is 0 Å². The summed E-state index contributed by atoms with van der Waals surface area (Å²) in [6.45, 7) is 8.71. The summed E-state index contributed by atoms with van der Waals surface area (Å²) >= 11 is 3.62. The number of piperazine rings is 1. The van der Waals surface area contributed by atoms with E-state index in [0.29, 0.717) is 0 Å². The van der Waals surface area contributed by atoms with Gasteiger partial charge >= 0.3 is 0 Å². The van der Waals surface area contributed by atoms with Crippen molar-refractivity contribution in [2.75, 3.05) is 58.3 Å². The molecule has 106 valence electrons. The van der Waals surface area contributed by atoms with Gasteiger partial charge in [-0.25, -0.2) is 4.98 Å². The number of likely N-dealkylation sites (N-methyl/N-ethyl adjacent to an activating group) is 1. The van der Waals surface area contributed by atoms with Crippen molar-refractivity contribution >= 4 is 21.7 Å². The minimum Gasteiger partial charge on any atom is -0.353 e. The first-order chi connectivity index (χ1) is 9.06. The van der Waals surface area contributed by atoms with E-state index in [0.717, 1.165) is 49.6 Å². The summed E-state index contributed by atoms with van der Waals surface area (Å²) in [4.78, 5) is 11.7. The molecule has 1 aliphatic rings. The lowest BCUT2D eigenvalue weighted by Gasteiger charge is -2.36. The first-order valence-electron chi connectivity index (χ1n) is 6.80. The van der Waals surface area contributed by atoms with Crippen LogP contribution >= 0.6 is 15.9 Å². The van der Waals surface area contributed by atoms with E-state index in [2.05, 4.69) is 62.7 Å². The largest absolute Gasteiger partial charge is 0.353 e. The van der Waals surface area contributed by atoms with Crippen LogP contribution in [0.15, 0.2) is 16.7 Å². The van der Waals surface area contributed by atoms with Crippen molar-refractivity contribution in [3.63, 3.8) is 0 Å². The number of halogens is 1. The van der Waals surface area contributed by atoms with Crippen LogP contribution in [0.25, 0.3) is 0 Å². The Kier molecular flexibility index (Phi) is 5.19. The Morgan fingerprint density at radius 3 is 2.53 bits per heavy atom. The Morgan fingerprint density at radius 2 is 1.95 bits per heavy atom. The second-order valence-electron chi connectivity index (χ2n) is 5.45. The molecule has 0 N–H and O–H groups in total. The first kappa shape index (κ1) is 14.8. The van der Waals surface area contributed by atoms with Gasteiger partial charge in [0.15, 0.2) is 0 Å². The minimum absolute atomic E-state index is 1.06. The molecule has 0 saturated carbocycles. The number of pyridine rings is 1.